The van der Waals surface area contributed by atoms with E-state index in [1.165, 1.54) is 10.6 Å². The van der Waals surface area contributed by atoms with E-state index in [2.05, 4.69) is 16.0 Å². The van der Waals surface area contributed by atoms with Gasteiger partial charge in [0.15, 0.2) is 0 Å². The number of rotatable bonds is 5. The lowest BCUT2D eigenvalue weighted by Crippen LogP contribution is -2.50. The van der Waals surface area contributed by atoms with Gasteiger partial charge in [0.2, 0.25) is 10.0 Å². The molecule has 2 aliphatic heterocycles. The van der Waals surface area contributed by atoms with Gasteiger partial charge in [0.25, 0.3) is 5.91 Å². The van der Waals surface area contributed by atoms with Crippen LogP contribution in [0.3, 0.4) is 0 Å². The number of nitrogens with zero attached hydrogens (tertiary/aromatic N) is 5. The lowest BCUT2D eigenvalue weighted by atomic mass is 9.72. The Morgan fingerprint density at radius 2 is 1.64 bits per heavy atom. The number of carbonyl (C=O) groups excluding carboxylic acids is 1. The minimum absolute atomic E-state index is 0.188. The predicted octanol–water partition coefficient (Wildman–Crippen LogP) is 0.694. The van der Waals surface area contributed by atoms with Crippen LogP contribution in [0.2, 0.25) is 0 Å². The van der Waals surface area contributed by atoms with Crippen LogP contribution < -0.4 is 10.4 Å². The van der Waals surface area contributed by atoms with Crippen LogP contribution in [0.15, 0.2) is 54.7 Å². The Kier molecular flexibility index (Phi) is 7.35. The van der Waals surface area contributed by atoms with Gasteiger partial charge < -0.3 is 19.8 Å². The Hall–Kier alpha value is -3.50. The summed E-state index contributed by atoms with van der Waals surface area (Å²) in [6.45, 7) is 2.17. The van der Waals surface area contributed by atoms with Gasteiger partial charge >= 0.3 is 7.12 Å². The van der Waals surface area contributed by atoms with Gasteiger partial charge in [-0.2, -0.15) is 9.57 Å². The third kappa shape index (κ3) is 5.23. The highest BCUT2D eigenvalue weighted by Crippen LogP contribution is 2.39. The van der Waals surface area contributed by atoms with E-state index in [1.807, 2.05) is 24.3 Å². The fraction of sp³-hybridized carbons (Fsp3) is 0.370. The Labute approximate surface area is 228 Å². The van der Waals surface area contributed by atoms with Crippen molar-refractivity contribution in [3.8, 4) is 6.07 Å². The van der Waals surface area contributed by atoms with Gasteiger partial charge in [0.05, 0.1) is 34.5 Å². The minimum atomic E-state index is -3.31. The third-order valence-corrected chi connectivity index (χ3v) is 9.18. The number of aromatic nitrogens is 1. The maximum Gasteiger partial charge on any atom is 0.488 e. The zero-order valence-corrected chi connectivity index (χ0v) is 22.5. The van der Waals surface area contributed by atoms with Crippen LogP contribution in [0, 0.1) is 11.3 Å². The third-order valence-electron chi connectivity index (χ3n) is 7.88. The molecule has 3 aromatic rings. The van der Waals surface area contributed by atoms with Crippen LogP contribution in [0.25, 0.3) is 10.9 Å². The average Bonchev–Trinajstić information content (AvgIpc) is 2.96. The molecule has 39 heavy (non-hydrogen) atoms. The van der Waals surface area contributed by atoms with E-state index in [-0.39, 0.29) is 19.0 Å². The molecule has 2 N–H and O–H groups in total. The molecule has 0 radical (unpaired) electrons. The molecule has 0 aliphatic carbocycles. The van der Waals surface area contributed by atoms with Crippen molar-refractivity contribution >= 4 is 45.1 Å². The summed E-state index contributed by atoms with van der Waals surface area (Å²) in [5.41, 5.74) is 2.47. The second kappa shape index (κ2) is 10.6. The van der Waals surface area contributed by atoms with Crippen molar-refractivity contribution < 1.29 is 23.3 Å². The summed E-state index contributed by atoms with van der Waals surface area (Å²) in [7, 11) is -4.88. The number of hydrogen-bond donors (Lipinski definition) is 2. The summed E-state index contributed by atoms with van der Waals surface area (Å²) < 4.78 is 25.2. The number of piperazine rings is 1. The van der Waals surface area contributed by atoms with Gasteiger partial charge in [-0.25, -0.2) is 8.42 Å². The second-order valence-corrected chi connectivity index (χ2v) is 12.2. The summed E-state index contributed by atoms with van der Waals surface area (Å²) in [5, 5.41) is 29.9. The highest BCUT2D eigenvalue weighted by Gasteiger charge is 2.38. The monoisotopic (exact) mass is 547 g/mol. The predicted molar refractivity (Wildman–Crippen MR) is 149 cm³/mol. The van der Waals surface area contributed by atoms with Crippen molar-refractivity contribution in [3.63, 3.8) is 0 Å². The molecule has 0 bridgehead atoms. The normalized spacial score (nSPS) is 18.1. The molecule has 0 unspecified atom stereocenters. The van der Waals surface area contributed by atoms with E-state index in [9.17, 15) is 28.5 Å². The van der Waals surface area contributed by atoms with E-state index in [0.29, 0.717) is 50.0 Å². The molecule has 1 aromatic heterocycles. The number of pyridine rings is 1. The Morgan fingerprint density at radius 1 is 1.00 bits per heavy atom. The van der Waals surface area contributed by atoms with Crippen molar-refractivity contribution in [1.82, 2.24) is 14.2 Å². The number of hydrogen-bond acceptors (Lipinski definition) is 8. The van der Waals surface area contributed by atoms with E-state index < -0.39 is 22.6 Å². The molecule has 202 valence electrons. The standard InChI is InChI=1S/C27H30BN5O5S/c1-39(37,38)33-16-14-32(15-17-33)26(34)23-18-30-24-5-3-2-4-22(24)25(23)31-12-10-27(19-29,11-13-31)20-6-8-21(9-7-20)28(35)36/h2-9,18,35-36H,10-17H2,1H3. The molecule has 2 aromatic carbocycles. The first kappa shape index (κ1) is 27.1. The molecular formula is C27H30BN5O5S. The first-order chi connectivity index (χ1) is 18.6. The van der Waals surface area contributed by atoms with Crippen LogP contribution in [-0.2, 0) is 15.4 Å². The molecule has 0 saturated carbocycles. The van der Waals surface area contributed by atoms with Crippen LogP contribution >= 0.6 is 0 Å². The lowest BCUT2D eigenvalue weighted by molar-refractivity contribution is 0.0698. The number of anilines is 1. The molecule has 3 heterocycles. The lowest BCUT2D eigenvalue weighted by Gasteiger charge is -2.40. The SMILES string of the molecule is CS(=O)(=O)N1CCN(C(=O)c2cnc3ccccc3c2N2CCC(C#N)(c3ccc(B(O)O)cc3)CC2)CC1. The summed E-state index contributed by atoms with van der Waals surface area (Å²) >= 11 is 0. The molecule has 0 spiro atoms. The van der Waals surface area contributed by atoms with Gasteiger partial charge in [-0.1, -0.05) is 42.5 Å². The smallest absolute Gasteiger partial charge is 0.423 e. The van der Waals surface area contributed by atoms with Crippen LogP contribution in [0.5, 0.6) is 0 Å². The number of fused-ring (bicyclic) bond motifs is 1. The van der Waals surface area contributed by atoms with Crippen LogP contribution in [0.4, 0.5) is 5.69 Å². The number of sulfonamides is 1. The Morgan fingerprint density at radius 3 is 2.23 bits per heavy atom. The van der Waals surface area contributed by atoms with Crippen molar-refractivity contribution in [2.45, 2.75) is 18.3 Å². The quantitative estimate of drug-likeness (QED) is 0.446. The van der Waals surface area contributed by atoms with Crippen molar-refractivity contribution in [2.75, 3.05) is 50.4 Å². The summed E-state index contributed by atoms with van der Waals surface area (Å²) in [5.74, 6) is -0.188. The summed E-state index contributed by atoms with van der Waals surface area (Å²) in [4.78, 5) is 22.1. The number of nitriles is 1. The van der Waals surface area contributed by atoms with Crippen molar-refractivity contribution in [1.29, 1.82) is 5.26 Å². The van der Waals surface area contributed by atoms with Gasteiger partial charge in [-0.15, -0.1) is 0 Å². The first-order valence-corrected chi connectivity index (χ1v) is 14.7. The maximum atomic E-state index is 13.8. The van der Waals surface area contributed by atoms with E-state index >= 15 is 0 Å². The average molecular weight is 547 g/mol. The van der Waals surface area contributed by atoms with Gasteiger partial charge in [0, 0.05) is 50.9 Å². The molecule has 10 nitrogen and oxygen atoms in total. The van der Waals surface area contributed by atoms with Crippen LogP contribution in [-0.4, -0.2) is 91.2 Å². The topological polar surface area (TPSA) is 138 Å². The molecular weight excluding hydrogens is 517 g/mol. The summed E-state index contributed by atoms with van der Waals surface area (Å²) in [6, 6.07) is 17.0. The number of carbonyl (C=O) groups is 1. The van der Waals surface area contributed by atoms with Gasteiger partial charge in [0.1, 0.15) is 0 Å². The zero-order valence-electron chi connectivity index (χ0n) is 21.7. The minimum Gasteiger partial charge on any atom is -0.423 e. The first-order valence-electron chi connectivity index (χ1n) is 12.9. The molecule has 5 rings (SSSR count). The van der Waals surface area contributed by atoms with Gasteiger partial charge in [-0.05, 0) is 29.9 Å². The summed E-state index contributed by atoms with van der Waals surface area (Å²) in [6.07, 6.45) is 3.84. The second-order valence-electron chi connectivity index (χ2n) is 10.2. The van der Waals surface area contributed by atoms with E-state index in [1.54, 1.807) is 35.4 Å². The number of amides is 1. The molecule has 2 aliphatic rings. The highest BCUT2D eigenvalue weighted by molar-refractivity contribution is 7.88. The molecule has 2 fully saturated rings. The molecule has 1 amide bonds. The largest absolute Gasteiger partial charge is 0.488 e. The highest BCUT2D eigenvalue weighted by atomic mass is 32.2. The molecule has 2 saturated heterocycles. The van der Waals surface area contributed by atoms with Crippen LogP contribution in [0.1, 0.15) is 28.8 Å². The van der Waals surface area contributed by atoms with Crippen molar-refractivity contribution in [3.05, 3.63) is 65.9 Å². The fourth-order valence-electron chi connectivity index (χ4n) is 5.57. The van der Waals surface area contributed by atoms with Gasteiger partial charge in [-0.3, -0.25) is 9.78 Å². The Balaban J connectivity index is 1.43. The fourth-order valence-corrected chi connectivity index (χ4v) is 6.40. The Bertz CT molecular complexity index is 1520. The number of benzene rings is 2. The zero-order chi connectivity index (χ0) is 27.8. The van der Waals surface area contributed by atoms with E-state index in [0.717, 1.165) is 22.2 Å². The number of piperidine rings is 1. The maximum absolute atomic E-state index is 13.8. The van der Waals surface area contributed by atoms with E-state index in [4.69, 9.17) is 0 Å². The number of para-hydroxylation sites is 1. The van der Waals surface area contributed by atoms with Crippen molar-refractivity contribution in [2.24, 2.45) is 0 Å². The molecule has 0 atom stereocenters. The molecule has 12 heteroatoms.